The van der Waals surface area contributed by atoms with E-state index in [1.165, 1.54) is 0 Å². The first-order chi connectivity index (χ1) is 9.29. The van der Waals surface area contributed by atoms with Crippen molar-refractivity contribution in [1.82, 2.24) is 10.3 Å². The van der Waals surface area contributed by atoms with Crippen LogP contribution in [0.4, 0.5) is 0 Å². The summed E-state index contributed by atoms with van der Waals surface area (Å²) < 4.78 is 5.19. The number of H-pyrrole nitrogens is 1. The van der Waals surface area contributed by atoms with Crippen molar-refractivity contribution in [3.8, 4) is 0 Å². The zero-order chi connectivity index (χ0) is 13.2. The Morgan fingerprint density at radius 2 is 2.26 bits per heavy atom. The molecule has 4 heteroatoms. The zero-order valence-electron chi connectivity index (χ0n) is 11.0. The second kappa shape index (κ2) is 5.05. The first-order valence-corrected chi connectivity index (χ1v) is 6.78. The molecule has 19 heavy (non-hydrogen) atoms. The normalized spacial score (nSPS) is 16.5. The number of ether oxygens (including phenoxy) is 1. The van der Waals surface area contributed by atoms with Crippen LogP contribution in [0.25, 0.3) is 10.9 Å². The summed E-state index contributed by atoms with van der Waals surface area (Å²) >= 11 is 0. The highest BCUT2D eigenvalue weighted by molar-refractivity contribution is 5.89. The highest BCUT2D eigenvalue weighted by Crippen LogP contribution is 2.29. The van der Waals surface area contributed by atoms with E-state index in [1.807, 2.05) is 37.4 Å². The summed E-state index contributed by atoms with van der Waals surface area (Å²) in [6.45, 7) is 2.24. The molecule has 0 aliphatic heterocycles. The van der Waals surface area contributed by atoms with Crippen LogP contribution >= 0.6 is 0 Å². The van der Waals surface area contributed by atoms with Crippen molar-refractivity contribution in [2.45, 2.75) is 31.8 Å². The molecule has 2 aromatic rings. The fraction of sp³-hybridized carbons (Fsp3) is 0.400. The number of fused-ring (bicyclic) bond motifs is 1. The fourth-order valence-corrected chi connectivity index (χ4v) is 2.33. The van der Waals surface area contributed by atoms with Gasteiger partial charge in [-0.05, 0) is 25.8 Å². The molecule has 1 heterocycles. The van der Waals surface area contributed by atoms with Gasteiger partial charge in [0, 0.05) is 28.7 Å². The van der Waals surface area contributed by atoms with Crippen LogP contribution < -0.4 is 5.32 Å². The minimum absolute atomic E-state index is 0.195. The summed E-state index contributed by atoms with van der Waals surface area (Å²) in [5.74, 6) is -0.195. The summed E-state index contributed by atoms with van der Waals surface area (Å²) in [4.78, 5) is 15.4. The zero-order valence-corrected chi connectivity index (χ0v) is 11.0. The van der Waals surface area contributed by atoms with Crippen LogP contribution in [0.5, 0.6) is 0 Å². The number of carbonyl (C=O) groups excluding carboxylic acids is 1. The molecule has 1 aromatic carbocycles. The van der Waals surface area contributed by atoms with Crippen molar-refractivity contribution >= 4 is 16.9 Å². The van der Waals surface area contributed by atoms with E-state index < -0.39 is 0 Å². The van der Waals surface area contributed by atoms with Crippen molar-refractivity contribution in [3.63, 3.8) is 0 Å². The second-order valence-electron chi connectivity index (χ2n) is 4.92. The highest BCUT2D eigenvalue weighted by atomic mass is 16.5. The number of rotatable bonds is 5. The SMILES string of the molecule is CCOC(=O)C(NC1CC1)c1c[nH]c2ccccc12. The Bertz CT molecular complexity index is 587. The number of nitrogens with one attached hydrogen (secondary N) is 2. The Kier molecular flexibility index (Phi) is 3.25. The summed E-state index contributed by atoms with van der Waals surface area (Å²) in [6.07, 6.45) is 4.18. The number of aromatic amines is 1. The van der Waals surface area contributed by atoms with Crippen LogP contribution in [-0.2, 0) is 9.53 Å². The first-order valence-electron chi connectivity index (χ1n) is 6.78. The van der Waals surface area contributed by atoms with Crippen molar-refractivity contribution in [1.29, 1.82) is 0 Å². The molecule has 1 fully saturated rings. The molecule has 1 unspecified atom stereocenters. The van der Waals surface area contributed by atoms with Crippen LogP contribution in [0.1, 0.15) is 31.4 Å². The predicted molar refractivity (Wildman–Crippen MR) is 73.8 cm³/mol. The Balaban J connectivity index is 1.95. The first kappa shape index (κ1) is 12.2. The molecule has 0 bridgehead atoms. The lowest BCUT2D eigenvalue weighted by atomic mass is 10.1. The second-order valence-corrected chi connectivity index (χ2v) is 4.92. The van der Waals surface area contributed by atoms with E-state index in [2.05, 4.69) is 10.3 Å². The number of carbonyl (C=O) groups is 1. The molecule has 4 nitrogen and oxygen atoms in total. The largest absolute Gasteiger partial charge is 0.465 e. The summed E-state index contributed by atoms with van der Waals surface area (Å²) in [7, 11) is 0. The third-order valence-corrected chi connectivity index (χ3v) is 3.43. The van der Waals surface area contributed by atoms with Gasteiger partial charge in [-0.1, -0.05) is 18.2 Å². The Morgan fingerprint density at radius 3 is 3.00 bits per heavy atom. The van der Waals surface area contributed by atoms with Crippen molar-refractivity contribution < 1.29 is 9.53 Å². The number of para-hydroxylation sites is 1. The molecule has 100 valence electrons. The number of aromatic nitrogens is 1. The lowest BCUT2D eigenvalue weighted by Crippen LogP contribution is -2.31. The Hall–Kier alpha value is -1.81. The Labute approximate surface area is 112 Å². The molecule has 1 saturated carbocycles. The highest BCUT2D eigenvalue weighted by Gasteiger charge is 2.31. The average molecular weight is 258 g/mol. The van der Waals surface area contributed by atoms with Gasteiger partial charge in [-0.3, -0.25) is 5.32 Å². The molecule has 3 rings (SSSR count). The smallest absolute Gasteiger partial charge is 0.327 e. The van der Waals surface area contributed by atoms with Gasteiger partial charge in [-0.15, -0.1) is 0 Å². The molecule has 0 spiro atoms. The van der Waals surface area contributed by atoms with Crippen LogP contribution in [0.2, 0.25) is 0 Å². The Morgan fingerprint density at radius 1 is 1.47 bits per heavy atom. The van der Waals surface area contributed by atoms with Gasteiger partial charge < -0.3 is 9.72 Å². The van der Waals surface area contributed by atoms with E-state index in [0.29, 0.717) is 12.6 Å². The van der Waals surface area contributed by atoms with Gasteiger partial charge in [0.25, 0.3) is 0 Å². The van der Waals surface area contributed by atoms with Gasteiger partial charge in [-0.25, -0.2) is 4.79 Å². The van der Waals surface area contributed by atoms with Gasteiger partial charge >= 0.3 is 5.97 Å². The maximum atomic E-state index is 12.1. The molecular formula is C15H18N2O2. The predicted octanol–water partition coefficient (Wildman–Crippen LogP) is 2.52. The average Bonchev–Trinajstić information content (AvgIpc) is 3.14. The number of esters is 1. The van der Waals surface area contributed by atoms with Gasteiger partial charge in [0.2, 0.25) is 0 Å². The summed E-state index contributed by atoms with van der Waals surface area (Å²) in [5, 5.41) is 4.45. The van der Waals surface area contributed by atoms with Crippen molar-refractivity contribution in [2.24, 2.45) is 0 Å². The van der Waals surface area contributed by atoms with Gasteiger partial charge in [0.15, 0.2) is 0 Å². The van der Waals surface area contributed by atoms with Crippen LogP contribution in [0.3, 0.4) is 0 Å². The maximum absolute atomic E-state index is 12.1. The minimum Gasteiger partial charge on any atom is -0.465 e. The van der Waals surface area contributed by atoms with Gasteiger partial charge in [0.05, 0.1) is 6.61 Å². The standard InChI is InChI=1S/C15H18N2O2/c1-2-19-15(18)14(17-10-7-8-10)12-9-16-13-6-4-3-5-11(12)13/h3-6,9-10,14,16-17H,2,7-8H2,1H3. The number of hydrogen-bond acceptors (Lipinski definition) is 3. The lowest BCUT2D eigenvalue weighted by molar-refractivity contribution is -0.145. The van der Waals surface area contributed by atoms with E-state index in [-0.39, 0.29) is 12.0 Å². The van der Waals surface area contributed by atoms with Crippen molar-refractivity contribution in [2.75, 3.05) is 6.61 Å². The summed E-state index contributed by atoms with van der Waals surface area (Å²) in [6, 6.07) is 8.09. The molecule has 2 N–H and O–H groups in total. The molecule has 1 atom stereocenters. The monoisotopic (exact) mass is 258 g/mol. The summed E-state index contributed by atoms with van der Waals surface area (Å²) in [5.41, 5.74) is 2.02. The molecule has 1 aliphatic rings. The maximum Gasteiger partial charge on any atom is 0.327 e. The third-order valence-electron chi connectivity index (χ3n) is 3.43. The van der Waals surface area contributed by atoms with E-state index in [0.717, 1.165) is 29.3 Å². The molecule has 1 aliphatic carbocycles. The van der Waals surface area contributed by atoms with E-state index in [4.69, 9.17) is 4.74 Å². The molecular weight excluding hydrogens is 240 g/mol. The van der Waals surface area contributed by atoms with Gasteiger partial charge in [0.1, 0.15) is 6.04 Å². The third kappa shape index (κ3) is 2.49. The fourth-order valence-electron chi connectivity index (χ4n) is 2.33. The van der Waals surface area contributed by atoms with Crippen molar-refractivity contribution in [3.05, 3.63) is 36.0 Å². The van der Waals surface area contributed by atoms with Crippen LogP contribution in [-0.4, -0.2) is 23.6 Å². The quantitative estimate of drug-likeness (QED) is 0.810. The number of hydrogen-bond donors (Lipinski definition) is 2. The topological polar surface area (TPSA) is 54.1 Å². The minimum atomic E-state index is -0.372. The van der Waals surface area contributed by atoms with E-state index in [9.17, 15) is 4.79 Å². The molecule has 0 amide bonds. The molecule has 0 radical (unpaired) electrons. The number of benzene rings is 1. The van der Waals surface area contributed by atoms with E-state index >= 15 is 0 Å². The van der Waals surface area contributed by atoms with E-state index in [1.54, 1.807) is 0 Å². The lowest BCUT2D eigenvalue weighted by Gasteiger charge is -2.16. The van der Waals surface area contributed by atoms with Gasteiger partial charge in [-0.2, -0.15) is 0 Å². The molecule has 0 saturated heterocycles. The van der Waals surface area contributed by atoms with Crippen LogP contribution in [0, 0.1) is 0 Å². The van der Waals surface area contributed by atoms with Crippen LogP contribution in [0.15, 0.2) is 30.5 Å². The molecule has 1 aromatic heterocycles.